The lowest BCUT2D eigenvalue weighted by Gasteiger charge is -2.15. The molecule has 14 heavy (non-hydrogen) atoms. The molecule has 3 N–H and O–H groups in total. The van der Waals surface area contributed by atoms with Crippen molar-refractivity contribution in [2.75, 3.05) is 0 Å². The number of rotatable bonds is 2. The van der Waals surface area contributed by atoms with Gasteiger partial charge in [0.15, 0.2) is 0 Å². The Bertz CT molecular complexity index is 321. The average Bonchev–Trinajstić information content (AvgIpc) is 2.12. The highest BCUT2D eigenvalue weighted by Crippen LogP contribution is 2.24. The highest BCUT2D eigenvalue weighted by molar-refractivity contribution is 6.30. The minimum Gasteiger partial charge on any atom is -0.391 e. The Morgan fingerprint density at radius 3 is 2.14 bits per heavy atom. The maximum Gasteiger partial charge on any atom is 0.145 e. The lowest BCUT2D eigenvalue weighted by molar-refractivity contribution is 0.164. The number of benzene rings is 1. The molecular weight excluding hydrogens is 212 g/mol. The third-order valence-corrected chi connectivity index (χ3v) is 2.27. The second kappa shape index (κ2) is 4.21. The van der Waals surface area contributed by atoms with Crippen LogP contribution in [0.4, 0.5) is 8.78 Å². The van der Waals surface area contributed by atoms with Crippen molar-refractivity contribution in [3.63, 3.8) is 0 Å². The smallest absolute Gasteiger partial charge is 0.145 e. The molecule has 0 heterocycles. The van der Waals surface area contributed by atoms with Gasteiger partial charge in [0.05, 0.1) is 12.1 Å². The van der Waals surface area contributed by atoms with Crippen LogP contribution in [0.3, 0.4) is 0 Å². The number of hydrogen-bond acceptors (Lipinski definition) is 2. The second-order valence-corrected chi connectivity index (χ2v) is 3.44. The lowest BCUT2D eigenvalue weighted by atomic mass is 10.0. The molecule has 0 saturated carbocycles. The molecule has 0 spiro atoms. The summed E-state index contributed by atoms with van der Waals surface area (Å²) in [5.41, 5.74) is 5.68. The fourth-order valence-electron chi connectivity index (χ4n) is 1.05. The first-order valence-corrected chi connectivity index (χ1v) is 4.39. The van der Waals surface area contributed by atoms with Crippen molar-refractivity contribution in [2.24, 2.45) is 5.73 Å². The number of hydrogen-bond donors (Lipinski definition) is 2. The molecule has 1 aromatic rings. The van der Waals surface area contributed by atoms with Crippen LogP contribution < -0.4 is 5.73 Å². The van der Waals surface area contributed by atoms with Crippen LogP contribution in [0.25, 0.3) is 0 Å². The van der Waals surface area contributed by atoms with Crippen molar-refractivity contribution in [2.45, 2.75) is 19.1 Å². The zero-order chi connectivity index (χ0) is 10.9. The minimum atomic E-state index is -0.880. The van der Waals surface area contributed by atoms with Gasteiger partial charge < -0.3 is 10.8 Å². The number of aliphatic hydroxyl groups excluding tert-OH is 1. The van der Waals surface area contributed by atoms with Gasteiger partial charge in [0.1, 0.15) is 16.7 Å². The van der Waals surface area contributed by atoms with Gasteiger partial charge in [-0.1, -0.05) is 11.6 Å². The van der Waals surface area contributed by atoms with E-state index in [1.165, 1.54) is 6.92 Å². The summed E-state index contributed by atoms with van der Waals surface area (Å²) in [4.78, 5) is 0. The van der Waals surface area contributed by atoms with E-state index < -0.39 is 28.8 Å². The summed E-state index contributed by atoms with van der Waals surface area (Å²) < 4.78 is 25.9. The molecule has 1 aromatic carbocycles. The standard InChI is InChI=1S/C9H10ClF2NO/c1-4(14)9(13)5-2-6(11)8(10)7(12)3-5/h2-4,9,14H,13H2,1H3/t4?,9-/m1/s1. The third-order valence-electron chi connectivity index (χ3n) is 1.91. The number of halogens is 3. The summed E-state index contributed by atoms with van der Waals surface area (Å²) in [6, 6.07) is 1.21. The van der Waals surface area contributed by atoms with Crippen molar-refractivity contribution >= 4 is 11.6 Å². The predicted molar refractivity (Wildman–Crippen MR) is 50.0 cm³/mol. The predicted octanol–water partition coefficient (Wildman–Crippen LogP) is 2.00. The molecule has 0 radical (unpaired) electrons. The number of nitrogens with two attached hydrogens (primary N) is 1. The molecule has 5 heteroatoms. The Kier molecular flexibility index (Phi) is 3.42. The van der Waals surface area contributed by atoms with E-state index in [4.69, 9.17) is 22.4 Å². The average molecular weight is 222 g/mol. The van der Waals surface area contributed by atoms with E-state index in [9.17, 15) is 8.78 Å². The van der Waals surface area contributed by atoms with E-state index in [0.717, 1.165) is 12.1 Å². The summed E-state index contributed by atoms with van der Waals surface area (Å²) in [7, 11) is 0. The van der Waals surface area contributed by atoms with Gasteiger partial charge >= 0.3 is 0 Å². The van der Waals surface area contributed by atoms with Crippen LogP contribution in [0, 0.1) is 11.6 Å². The largest absolute Gasteiger partial charge is 0.391 e. The summed E-state index contributed by atoms with van der Waals surface area (Å²) in [6.45, 7) is 1.44. The first kappa shape index (κ1) is 11.4. The van der Waals surface area contributed by atoms with Gasteiger partial charge in [0, 0.05) is 0 Å². The number of aliphatic hydroxyl groups is 1. The topological polar surface area (TPSA) is 46.2 Å². The highest BCUT2D eigenvalue weighted by Gasteiger charge is 2.16. The second-order valence-electron chi connectivity index (χ2n) is 3.06. The SMILES string of the molecule is CC(O)[C@@H](N)c1cc(F)c(Cl)c(F)c1. The molecule has 0 fully saturated rings. The molecule has 0 aliphatic carbocycles. The van der Waals surface area contributed by atoms with Crippen LogP contribution in [-0.4, -0.2) is 11.2 Å². The van der Waals surface area contributed by atoms with Crippen molar-refractivity contribution in [1.29, 1.82) is 0 Å². The molecule has 0 aromatic heterocycles. The zero-order valence-corrected chi connectivity index (χ0v) is 8.22. The van der Waals surface area contributed by atoms with Crippen LogP contribution in [-0.2, 0) is 0 Å². The van der Waals surface area contributed by atoms with Crippen LogP contribution >= 0.6 is 11.6 Å². The molecular formula is C9H10ClF2NO. The summed E-state index contributed by atoms with van der Waals surface area (Å²) in [6.07, 6.45) is -0.880. The van der Waals surface area contributed by atoms with Crippen molar-refractivity contribution in [3.8, 4) is 0 Å². The molecule has 2 atom stereocenters. The molecule has 2 nitrogen and oxygen atoms in total. The van der Waals surface area contributed by atoms with E-state index in [2.05, 4.69) is 0 Å². The van der Waals surface area contributed by atoms with E-state index in [1.807, 2.05) is 0 Å². The molecule has 1 unspecified atom stereocenters. The molecule has 0 bridgehead atoms. The normalized spacial score (nSPS) is 15.3. The zero-order valence-electron chi connectivity index (χ0n) is 7.47. The Balaban J connectivity index is 3.12. The van der Waals surface area contributed by atoms with Crippen LogP contribution in [0.15, 0.2) is 12.1 Å². The summed E-state index contributed by atoms with van der Waals surface area (Å²) in [5.74, 6) is -1.75. The Morgan fingerprint density at radius 2 is 1.79 bits per heavy atom. The molecule has 1 rings (SSSR count). The lowest BCUT2D eigenvalue weighted by Crippen LogP contribution is -2.23. The van der Waals surface area contributed by atoms with E-state index >= 15 is 0 Å². The van der Waals surface area contributed by atoms with E-state index in [-0.39, 0.29) is 5.56 Å². The Morgan fingerprint density at radius 1 is 1.36 bits per heavy atom. The van der Waals surface area contributed by atoms with Crippen LogP contribution in [0.5, 0.6) is 0 Å². The van der Waals surface area contributed by atoms with Crippen molar-refractivity contribution in [3.05, 3.63) is 34.4 Å². The van der Waals surface area contributed by atoms with Gasteiger partial charge in [-0.3, -0.25) is 0 Å². The molecule has 0 aliphatic rings. The molecule has 0 amide bonds. The van der Waals surface area contributed by atoms with Gasteiger partial charge in [-0.2, -0.15) is 0 Å². The molecule has 0 saturated heterocycles. The molecule has 0 aliphatic heterocycles. The van der Waals surface area contributed by atoms with Gasteiger partial charge in [-0.15, -0.1) is 0 Å². The fraction of sp³-hybridized carbons (Fsp3) is 0.333. The third kappa shape index (κ3) is 2.20. The van der Waals surface area contributed by atoms with Gasteiger partial charge in [-0.05, 0) is 24.6 Å². The highest BCUT2D eigenvalue weighted by atomic mass is 35.5. The minimum absolute atomic E-state index is 0.180. The Labute approximate surface area is 85.3 Å². The Hall–Kier alpha value is -0.710. The quantitative estimate of drug-likeness (QED) is 0.751. The first-order valence-electron chi connectivity index (χ1n) is 4.01. The maximum absolute atomic E-state index is 13.0. The molecule has 78 valence electrons. The first-order chi connectivity index (χ1) is 6.43. The summed E-state index contributed by atoms with van der Waals surface area (Å²) in [5, 5.41) is 8.56. The monoisotopic (exact) mass is 221 g/mol. The van der Waals surface area contributed by atoms with Crippen molar-refractivity contribution in [1.82, 2.24) is 0 Å². The van der Waals surface area contributed by atoms with Gasteiger partial charge in [0.2, 0.25) is 0 Å². The van der Waals surface area contributed by atoms with Crippen molar-refractivity contribution < 1.29 is 13.9 Å². The van der Waals surface area contributed by atoms with Crippen LogP contribution in [0.2, 0.25) is 5.02 Å². The van der Waals surface area contributed by atoms with E-state index in [0.29, 0.717) is 0 Å². The van der Waals surface area contributed by atoms with E-state index in [1.54, 1.807) is 0 Å². The van der Waals surface area contributed by atoms with Crippen LogP contribution in [0.1, 0.15) is 18.5 Å². The summed E-state index contributed by atoms with van der Waals surface area (Å²) >= 11 is 5.28. The van der Waals surface area contributed by atoms with Gasteiger partial charge in [-0.25, -0.2) is 8.78 Å². The fourth-order valence-corrected chi connectivity index (χ4v) is 1.16. The van der Waals surface area contributed by atoms with Gasteiger partial charge in [0.25, 0.3) is 0 Å². The maximum atomic E-state index is 13.0.